The van der Waals surface area contributed by atoms with Crippen LogP contribution in [-0.4, -0.2) is 11.9 Å². The second-order valence-electron chi connectivity index (χ2n) is 2.86. The Bertz CT molecular complexity index is 217. The first-order chi connectivity index (χ1) is 5.09. The Balaban J connectivity index is 2.53. The minimum Gasteiger partial charge on any atom is -0.393 e. The van der Waals surface area contributed by atoms with Crippen molar-refractivity contribution in [3.05, 3.63) is 12.2 Å². The molecule has 0 aromatic rings. The topological polar surface area (TPSA) is 43.4 Å². The van der Waals surface area contributed by atoms with E-state index in [-0.39, 0.29) is 12.3 Å². The molecule has 0 bridgehead atoms. The number of hydrogen-bond donors (Lipinski definition) is 0. The van der Waals surface area contributed by atoms with Gasteiger partial charge in [0.1, 0.15) is 0 Å². The van der Waals surface area contributed by atoms with Gasteiger partial charge in [0.15, 0.2) is 0 Å². The normalized spacial score (nSPS) is 23.5. The highest BCUT2D eigenvalue weighted by Crippen LogP contribution is 2.22. The van der Waals surface area contributed by atoms with Crippen LogP contribution in [0, 0.1) is 5.92 Å². The van der Waals surface area contributed by atoms with Crippen LogP contribution in [0.2, 0.25) is 0 Å². The van der Waals surface area contributed by atoms with Crippen molar-refractivity contribution in [1.82, 2.24) is 0 Å². The Morgan fingerprint density at radius 2 is 2.36 bits per heavy atom. The summed E-state index contributed by atoms with van der Waals surface area (Å²) in [5, 5.41) is 0. The molecule has 1 rings (SSSR count). The molecule has 0 spiro atoms. The molecule has 1 aliphatic rings. The first-order valence-corrected chi connectivity index (χ1v) is 3.48. The minimum absolute atomic E-state index is 0.214. The Kier molecular flexibility index (Phi) is 2.08. The third-order valence-electron chi connectivity index (χ3n) is 1.56. The summed E-state index contributed by atoms with van der Waals surface area (Å²) in [4.78, 5) is 21.4. The molecule has 1 atom stereocenters. The van der Waals surface area contributed by atoms with Crippen molar-refractivity contribution in [2.24, 2.45) is 5.92 Å². The zero-order valence-corrected chi connectivity index (χ0v) is 6.42. The second-order valence-corrected chi connectivity index (χ2v) is 2.86. The first kappa shape index (κ1) is 7.98. The average Bonchev–Trinajstić information content (AvgIpc) is 2.09. The number of ether oxygens (including phenoxy) is 1. The average molecular weight is 154 g/mol. The molecule has 3 heteroatoms. The van der Waals surface area contributed by atoms with Gasteiger partial charge in [0, 0.05) is 0 Å². The third-order valence-corrected chi connectivity index (χ3v) is 1.56. The van der Waals surface area contributed by atoms with Crippen LogP contribution in [0.1, 0.15) is 19.8 Å². The Hall–Kier alpha value is -1.12. The van der Waals surface area contributed by atoms with E-state index in [4.69, 9.17) is 0 Å². The van der Waals surface area contributed by atoms with Gasteiger partial charge in [0.2, 0.25) is 0 Å². The van der Waals surface area contributed by atoms with Crippen molar-refractivity contribution < 1.29 is 14.3 Å². The molecule has 1 fully saturated rings. The van der Waals surface area contributed by atoms with E-state index in [2.05, 4.69) is 11.3 Å². The lowest BCUT2D eigenvalue weighted by atomic mass is 10.0. The van der Waals surface area contributed by atoms with Crippen molar-refractivity contribution in [2.45, 2.75) is 19.8 Å². The lowest BCUT2D eigenvalue weighted by Gasteiger charge is -2.01. The van der Waals surface area contributed by atoms with Gasteiger partial charge in [0.05, 0.1) is 12.3 Å². The van der Waals surface area contributed by atoms with Gasteiger partial charge in [-0.2, -0.15) is 0 Å². The largest absolute Gasteiger partial charge is 0.393 e. The highest BCUT2D eigenvalue weighted by Gasteiger charge is 2.32. The summed E-state index contributed by atoms with van der Waals surface area (Å²) in [6.45, 7) is 5.49. The van der Waals surface area contributed by atoms with Gasteiger partial charge < -0.3 is 4.74 Å². The maximum absolute atomic E-state index is 10.8. The number of carbonyl (C=O) groups is 2. The molecule has 0 N–H and O–H groups in total. The molecule has 1 aliphatic heterocycles. The van der Waals surface area contributed by atoms with E-state index in [9.17, 15) is 9.59 Å². The van der Waals surface area contributed by atoms with Crippen molar-refractivity contribution in [3.8, 4) is 0 Å². The lowest BCUT2D eigenvalue weighted by Crippen LogP contribution is -2.07. The van der Waals surface area contributed by atoms with Crippen LogP contribution in [0.25, 0.3) is 0 Å². The smallest absolute Gasteiger partial charge is 0.317 e. The molecule has 0 aliphatic carbocycles. The summed E-state index contributed by atoms with van der Waals surface area (Å²) in [6, 6.07) is 0. The predicted molar refractivity (Wildman–Crippen MR) is 38.6 cm³/mol. The summed E-state index contributed by atoms with van der Waals surface area (Å²) in [7, 11) is 0. The SMILES string of the molecule is C=C(C)CC1CC(=O)OC1=O. The highest BCUT2D eigenvalue weighted by molar-refractivity contribution is 5.94. The number of esters is 2. The van der Waals surface area contributed by atoms with Gasteiger partial charge in [-0.15, -0.1) is 6.58 Å². The molecule has 0 aromatic heterocycles. The molecular weight excluding hydrogens is 144 g/mol. The minimum atomic E-state index is -0.416. The van der Waals surface area contributed by atoms with E-state index in [1.165, 1.54) is 0 Å². The van der Waals surface area contributed by atoms with E-state index in [1.807, 2.05) is 6.92 Å². The number of allylic oxidation sites excluding steroid dienone is 1. The van der Waals surface area contributed by atoms with Gasteiger partial charge in [-0.3, -0.25) is 9.59 Å². The molecular formula is C8H10O3. The standard InChI is InChI=1S/C8H10O3/c1-5(2)3-6-4-7(9)11-8(6)10/h6H,1,3-4H2,2H3. The summed E-state index contributed by atoms with van der Waals surface area (Å²) in [5.41, 5.74) is 0.904. The molecule has 0 aromatic carbocycles. The molecule has 3 nitrogen and oxygen atoms in total. The first-order valence-electron chi connectivity index (χ1n) is 3.48. The molecule has 0 saturated carbocycles. The van der Waals surface area contributed by atoms with Crippen LogP contribution in [0.3, 0.4) is 0 Å². The van der Waals surface area contributed by atoms with E-state index in [0.29, 0.717) is 6.42 Å². The molecule has 1 heterocycles. The monoisotopic (exact) mass is 154 g/mol. The van der Waals surface area contributed by atoms with Crippen molar-refractivity contribution in [3.63, 3.8) is 0 Å². The summed E-state index contributed by atoms with van der Waals surface area (Å²) in [5.74, 6) is -1.10. The van der Waals surface area contributed by atoms with Crippen LogP contribution >= 0.6 is 0 Å². The van der Waals surface area contributed by atoms with Crippen LogP contribution in [0.5, 0.6) is 0 Å². The van der Waals surface area contributed by atoms with Crippen molar-refractivity contribution in [2.75, 3.05) is 0 Å². The predicted octanol–water partition coefficient (Wildman–Crippen LogP) is 1.04. The number of rotatable bonds is 2. The third kappa shape index (κ3) is 1.90. The quantitative estimate of drug-likeness (QED) is 0.339. The van der Waals surface area contributed by atoms with E-state index < -0.39 is 11.9 Å². The van der Waals surface area contributed by atoms with Gasteiger partial charge in [0.25, 0.3) is 0 Å². The van der Waals surface area contributed by atoms with Gasteiger partial charge in [-0.1, -0.05) is 5.57 Å². The van der Waals surface area contributed by atoms with E-state index >= 15 is 0 Å². The van der Waals surface area contributed by atoms with Crippen LogP contribution in [0.15, 0.2) is 12.2 Å². The fourth-order valence-electron chi connectivity index (χ4n) is 1.10. The summed E-state index contributed by atoms with van der Waals surface area (Å²) < 4.78 is 4.36. The van der Waals surface area contributed by atoms with Crippen molar-refractivity contribution >= 4 is 11.9 Å². The van der Waals surface area contributed by atoms with Crippen molar-refractivity contribution in [1.29, 1.82) is 0 Å². The maximum Gasteiger partial charge on any atom is 0.317 e. The Morgan fingerprint density at radius 3 is 2.73 bits per heavy atom. The second kappa shape index (κ2) is 2.86. The maximum atomic E-state index is 10.8. The van der Waals surface area contributed by atoms with Gasteiger partial charge in [-0.05, 0) is 13.3 Å². The van der Waals surface area contributed by atoms with Gasteiger partial charge in [-0.25, -0.2) is 0 Å². The zero-order valence-electron chi connectivity index (χ0n) is 6.42. The Labute approximate surface area is 65.0 Å². The molecule has 0 radical (unpaired) electrons. The number of hydrogen-bond acceptors (Lipinski definition) is 3. The fraction of sp³-hybridized carbons (Fsp3) is 0.500. The van der Waals surface area contributed by atoms with Crippen LogP contribution in [-0.2, 0) is 14.3 Å². The number of carbonyl (C=O) groups excluding carboxylic acids is 2. The van der Waals surface area contributed by atoms with Crippen LogP contribution in [0.4, 0.5) is 0 Å². The molecule has 0 amide bonds. The van der Waals surface area contributed by atoms with Gasteiger partial charge >= 0.3 is 11.9 Å². The summed E-state index contributed by atoms with van der Waals surface area (Å²) in [6.07, 6.45) is 0.774. The molecule has 1 saturated heterocycles. The molecule has 11 heavy (non-hydrogen) atoms. The van der Waals surface area contributed by atoms with E-state index in [0.717, 1.165) is 5.57 Å². The molecule has 1 unspecified atom stereocenters. The van der Waals surface area contributed by atoms with Crippen LogP contribution < -0.4 is 0 Å². The Morgan fingerprint density at radius 1 is 1.73 bits per heavy atom. The zero-order chi connectivity index (χ0) is 8.43. The van der Waals surface area contributed by atoms with E-state index in [1.54, 1.807) is 0 Å². The fourth-order valence-corrected chi connectivity index (χ4v) is 1.10. The highest BCUT2D eigenvalue weighted by atomic mass is 16.6. The summed E-state index contributed by atoms with van der Waals surface area (Å²) >= 11 is 0. The number of cyclic esters (lactones) is 2. The lowest BCUT2D eigenvalue weighted by molar-refractivity contribution is -0.153. The molecule has 60 valence electrons.